The first-order valence-electron chi connectivity index (χ1n) is 6.20. The number of Topliss-reactive ketones (excluding diaryl/α,β-unsaturated/α-hetero) is 1. The number of hydrogen-bond acceptors (Lipinski definition) is 4. The Morgan fingerprint density at radius 3 is 2.44 bits per heavy atom. The quantitative estimate of drug-likeness (QED) is 0.799. The number of ketones is 1. The lowest BCUT2D eigenvalue weighted by Gasteiger charge is -2.35. The Morgan fingerprint density at radius 1 is 1.17 bits per heavy atom. The van der Waals surface area contributed by atoms with Crippen LogP contribution in [0.3, 0.4) is 0 Å². The van der Waals surface area contributed by atoms with Gasteiger partial charge in [-0.2, -0.15) is 5.26 Å². The van der Waals surface area contributed by atoms with Crippen LogP contribution in [-0.2, 0) is 4.79 Å². The third-order valence-corrected chi connectivity index (χ3v) is 3.17. The van der Waals surface area contributed by atoms with E-state index in [1.165, 1.54) is 5.69 Å². The predicted molar refractivity (Wildman–Crippen MR) is 70.3 cm³/mol. The van der Waals surface area contributed by atoms with E-state index in [0.717, 1.165) is 26.2 Å². The molecule has 1 aromatic carbocycles. The molecule has 1 heterocycles. The number of rotatable bonds is 4. The number of para-hydroxylation sites is 1. The highest BCUT2D eigenvalue weighted by Crippen LogP contribution is 2.15. The van der Waals surface area contributed by atoms with Crippen molar-refractivity contribution < 1.29 is 4.79 Å². The Bertz CT molecular complexity index is 430. The van der Waals surface area contributed by atoms with Gasteiger partial charge in [0.05, 0.1) is 19.0 Å². The molecule has 2 rings (SSSR count). The average molecular weight is 243 g/mol. The normalized spacial score (nSPS) is 16.3. The van der Waals surface area contributed by atoms with Crippen LogP contribution in [-0.4, -0.2) is 43.4 Å². The topological polar surface area (TPSA) is 47.3 Å². The summed E-state index contributed by atoms with van der Waals surface area (Å²) in [5, 5.41) is 8.46. The van der Waals surface area contributed by atoms with Crippen LogP contribution < -0.4 is 4.90 Å². The molecule has 1 aliphatic heterocycles. The number of carbonyl (C=O) groups excluding carboxylic acids is 1. The number of piperazine rings is 1. The number of anilines is 1. The zero-order valence-corrected chi connectivity index (χ0v) is 10.4. The summed E-state index contributed by atoms with van der Waals surface area (Å²) < 4.78 is 0. The van der Waals surface area contributed by atoms with E-state index in [9.17, 15) is 4.79 Å². The van der Waals surface area contributed by atoms with Crippen molar-refractivity contribution in [1.29, 1.82) is 5.26 Å². The summed E-state index contributed by atoms with van der Waals surface area (Å²) in [6, 6.07) is 12.2. The molecular formula is C14H17N3O. The SMILES string of the molecule is N#CCC(=O)CN1CCN(c2ccccc2)CC1. The molecule has 0 radical (unpaired) electrons. The minimum atomic E-state index is 0.0191. The van der Waals surface area contributed by atoms with Gasteiger partial charge in [0.2, 0.25) is 0 Å². The van der Waals surface area contributed by atoms with E-state index in [1.54, 1.807) is 0 Å². The van der Waals surface area contributed by atoms with Gasteiger partial charge in [0, 0.05) is 31.9 Å². The second-order valence-electron chi connectivity index (χ2n) is 4.47. The van der Waals surface area contributed by atoms with Crippen LogP contribution in [0.5, 0.6) is 0 Å². The molecule has 0 unspecified atom stereocenters. The maximum atomic E-state index is 11.4. The average Bonchev–Trinajstić information content (AvgIpc) is 2.41. The maximum Gasteiger partial charge on any atom is 0.160 e. The summed E-state index contributed by atoms with van der Waals surface area (Å²) in [4.78, 5) is 15.8. The third-order valence-electron chi connectivity index (χ3n) is 3.17. The molecule has 0 bridgehead atoms. The number of carbonyl (C=O) groups is 1. The minimum absolute atomic E-state index is 0.0191. The third kappa shape index (κ3) is 3.31. The van der Waals surface area contributed by atoms with Crippen molar-refractivity contribution in [2.75, 3.05) is 37.6 Å². The van der Waals surface area contributed by atoms with E-state index < -0.39 is 0 Å². The molecular weight excluding hydrogens is 226 g/mol. The highest BCUT2D eigenvalue weighted by Gasteiger charge is 2.18. The molecule has 0 saturated carbocycles. The smallest absolute Gasteiger partial charge is 0.160 e. The van der Waals surface area contributed by atoms with Crippen LogP contribution in [0.4, 0.5) is 5.69 Å². The number of nitrogens with zero attached hydrogens (tertiary/aromatic N) is 3. The Morgan fingerprint density at radius 2 is 1.83 bits per heavy atom. The van der Waals surface area contributed by atoms with E-state index in [1.807, 2.05) is 24.3 Å². The van der Waals surface area contributed by atoms with Crippen LogP contribution in [0.15, 0.2) is 30.3 Å². The molecule has 4 nitrogen and oxygen atoms in total. The first kappa shape index (κ1) is 12.6. The molecule has 1 fully saturated rings. The van der Waals surface area contributed by atoms with Crippen LogP contribution in [0.25, 0.3) is 0 Å². The maximum absolute atomic E-state index is 11.4. The van der Waals surface area contributed by atoms with Gasteiger partial charge >= 0.3 is 0 Å². The fourth-order valence-electron chi connectivity index (χ4n) is 2.20. The monoisotopic (exact) mass is 243 g/mol. The fourth-order valence-corrected chi connectivity index (χ4v) is 2.20. The Labute approximate surface area is 107 Å². The van der Waals surface area contributed by atoms with Crippen LogP contribution in [0, 0.1) is 11.3 Å². The first-order valence-corrected chi connectivity index (χ1v) is 6.20. The van der Waals surface area contributed by atoms with Gasteiger partial charge in [-0.1, -0.05) is 18.2 Å². The van der Waals surface area contributed by atoms with Gasteiger partial charge in [0.1, 0.15) is 0 Å². The molecule has 18 heavy (non-hydrogen) atoms. The number of benzene rings is 1. The second kappa shape index (κ2) is 6.18. The van der Waals surface area contributed by atoms with Gasteiger partial charge in [-0.3, -0.25) is 9.69 Å². The summed E-state index contributed by atoms with van der Waals surface area (Å²) >= 11 is 0. The van der Waals surface area contributed by atoms with E-state index in [-0.39, 0.29) is 12.2 Å². The number of hydrogen-bond donors (Lipinski definition) is 0. The molecule has 0 aliphatic carbocycles. The van der Waals surface area contributed by atoms with Crippen LogP contribution in [0.2, 0.25) is 0 Å². The van der Waals surface area contributed by atoms with Crippen molar-refractivity contribution in [1.82, 2.24) is 4.90 Å². The van der Waals surface area contributed by atoms with Gasteiger partial charge in [0.15, 0.2) is 5.78 Å². The van der Waals surface area contributed by atoms with Gasteiger partial charge in [0.25, 0.3) is 0 Å². The molecule has 0 spiro atoms. The van der Waals surface area contributed by atoms with E-state index >= 15 is 0 Å². The Kier molecular flexibility index (Phi) is 4.32. The lowest BCUT2D eigenvalue weighted by Crippen LogP contribution is -2.47. The van der Waals surface area contributed by atoms with Gasteiger partial charge in [-0.05, 0) is 12.1 Å². The van der Waals surface area contributed by atoms with Crippen molar-refractivity contribution in [3.05, 3.63) is 30.3 Å². The highest BCUT2D eigenvalue weighted by atomic mass is 16.1. The predicted octanol–water partition coefficient (Wildman–Crippen LogP) is 1.29. The zero-order valence-electron chi connectivity index (χ0n) is 10.4. The lowest BCUT2D eigenvalue weighted by molar-refractivity contribution is -0.119. The van der Waals surface area contributed by atoms with E-state index in [4.69, 9.17) is 5.26 Å². The molecule has 1 aliphatic rings. The second-order valence-corrected chi connectivity index (χ2v) is 4.47. The molecule has 0 amide bonds. The molecule has 1 saturated heterocycles. The first-order chi connectivity index (χ1) is 8.79. The lowest BCUT2D eigenvalue weighted by atomic mass is 10.2. The standard InChI is InChI=1S/C14H17N3O/c15-7-6-14(18)12-16-8-10-17(11-9-16)13-4-2-1-3-5-13/h1-5H,6,8-12H2. The largest absolute Gasteiger partial charge is 0.369 e. The molecule has 94 valence electrons. The summed E-state index contributed by atoms with van der Waals surface area (Å²) in [5.41, 5.74) is 1.24. The van der Waals surface area contributed by atoms with Crippen molar-refractivity contribution in [3.63, 3.8) is 0 Å². The fraction of sp³-hybridized carbons (Fsp3) is 0.429. The minimum Gasteiger partial charge on any atom is -0.369 e. The zero-order chi connectivity index (χ0) is 12.8. The molecule has 4 heteroatoms. The van der Waals surface area contributed by atoms with Crippen LogP contribution >= 0.6 is 0 Å². The summed E-state index contributed by atoms with van der Waals surface area (Å²) in [6.07, 6.45) is 0.0267. The van der Waals surface area contributed by atoms with Crippen molar-refractivity contribution >= 4 is 11.5 Å². The van der Waals surface area contributed by atoms with Crippen LogP contribution in [0.1, 0.15) is 6.42 Å². The highest BCUT2D eigenvalue weighted by molar-refractivity contribution is 5.82. The molecule has 0 atom stereocenters. The van der Waals surface area contributed by atoms with Gasteiger partial charge in [-0.15, -0.1) is 0 Å². The van der Waals surface area contributed by atoms with Crippen molar-refractivity contribution in [2.24, 2.45) is 0 Å². The summed E-state index contributed by atoms with van der Waals surface area (Å²) in [7, 11) is 0. The summed E-state index contributed by atoms with van der Waals surface area (Å²) in [6.45, 7) is 4.04. The molecule has 0 aromatic heterocycles. The van der Waals surface area contributed by atoms with Crippen molar-refractivity contribution in [3.8, 4) is 6.07 Å². The van der Waals surface area contributed by atoms with Gasteiger partial charge < -0.3 is 4.90 Å². The molecule has 1 aromatic rings. The van der Waals surface area contributed by atoms with Crippen molar-refractivity contribution in [2.45, 2.75) is 6.42 Å². The van der Waals surface area contributed by atoms with E-state index in [0.29, 0.717) is 6.54 Å². The summed E-state index contributed by atoms with van der Waals surface area (Å²) in [5.74, 6) is 0.0191. The number of nitriles is 1. The molecule has 0 N–H and O–H groups in total. The van der Waals surface area contributed by atoms with Gasteiger partial charge in [-0.25, -0.2) is 0 Å². The van der Waals surface area contributed by atoms with E-state index in [2.05, 4.69) is 21.9 Å². The Balaban J connectivity index is 1.82. The Hall–Kier alpha value is -1.86.